The van der Waals surface area contributed by atoms with Crippen LogP contribution in [0.25, 0.3) is 11.4 Å². The van der Waals surface area contributed by atoms with Crippen LogP contribution in [0.4, 0.5) is 0 Å². The van der Waals surface area contributed by atoms with Crippen molar-refractivity contribution in [2.45, 2.75) is 26.1 Å². The van der Waals surface area contributed by atoms with Gasteiger partial charge in [-0.3, -0.25) is 9.47 Å². The number of likely N-dealkylation sites (tertiary alicyclic amines) is 1. The molecule has 4 rings (SSSR count). The van der Waals surface area contributed by atoms with Crippen molar-refractivity contribution in [3.05, 3.63) is 70.0 Å². The largest absolute Gasteiger partial charge is 0.295 e. The van der Waals surface area contributed by atoms with Crippen LogP contribution in [0.2, 0.25) is 5.02 Å². The van der Waals surface area contributed by atoms with E-state index in [0.717, 1.165) is 35.9 Å². The molecule has 3 aromatic rings. The summed E-state index contributed by atoms with van der Waals surface area (Å²) in [6, 6.07) is 18.1. The molecule has 0 saturated carbocycles. The quantitative estimate of drug-likeness (QED) is 0.589. The first-order valence-corrected chi connectivity index (χ1v) is 9.70. The molecule has 0 unspecified atom stereocenters. The topological polar surface area (TPSA) is 26.0 Å². The third kappa shape index (κ3) is 3.61. The van der Waals surface area contributed by atoms with Crippen molar-refractivity contribution in [3.8, 4) is 11.4 Å². The molecular weight excluding hydrogens is 364 g/mol. The first-order chi connectivity index (χ1) is 12.7. The van der Waals surface area contributed by atoms with Crippen LogP contribution >= 0.6 is 23.8 Å². The highest BCUT2D eigenvalue weighted by Crippen LogP contribution is 2.27. The van der Waals surface area contributed by atoms with Crippen molar-refractivity contribution in [3.63, 3.8) is 0 Å². The van der Waals surface area contributed by atoms with Crippen LogP contribution in [-0.4, -0.2) is 32.3 Å². The summed E-state index contributed by atoms with van der Waals surface area (Å²) in [6.45, 7) is 3.63. The Morgan fingerprint density at radius 2 is 1.65 bits per heavy atom. The zero-order valence-electron chi connectivity index (χ0n) is 14.5. The van der Waals surface area contributed by atoms with Gasteiger partial charge in [0.2, 0.25) is 0 Å². The maximum atomic E-state index is 6.46. The Hall–Kier alpha value is -1.95. The SMILES string of the molecule is S=c1n(CN2CCCC2)nc(-c2ccccc2Cl)n1Cc1ccccc1. The van der Waals surface area contributed by atoms with E-state index in [1.54, 1.807) is 0 Å². The Labute approximate surface area is 163 Å². The van der Waals surface area contributed by atoms with E-state index in [9.17, 15) is 0 Å². The number of halogens is 1. The fourth-order valence-electron chi connectivity index (χ4n) is 3.40. The Bertz CT molecular complexity index is 942. The number of benzene rings is 2. The van der Waals surface area contributed by atoms with Crippen molar-refractivity contribution >= 4 is 23.8 Å². The molecule has 134 valence electrons. The van der Waals surface area contributed by atoms with Gasteiger partial charge in [0.05, 0.1) is 18.2 Å². The van der Waals surface area contributed by atoms with E-state index in [1.807, 2.05) is 47.1 Å². The number of rotatable bonds is 5. The van der Waals surface area contributed by atoms with Crippen molar-refractivity contribution in [2.75, 3.05) is 13.1 Å². The Balaban J connectivity index is 1.77. The summed E-state index contributed by atoms with van der Waals surface area (Å²) in [5.41, 5.74) is 2.11. The van der Waals surface area contributed by atoms with Crippen molar-refractivity contribution in [2.24, 2.45) is 0 Å². The summed E-state index contributed by atoms with van der Waals surface area (Å²) in [4.78, 5) is 2.39. The average Bonchev–Trinajstić information content (AvgIpc) is 3.27. The molecular formula is C20H21ClN4S. The highest BCUT2D eigenvalue weighted by Gasteiger charge is 2.18. The monoisotopic (exact) mass is 384 g/mol. The molecule has 4 nitrogen and oxygen atoms in total. The van der Waals surface area contributed by atoms with Gasteiger partial charge in [-0.25, -0.2) is 4.68 Å². The second-order valence-electron chi connectivity index (χ2n) is 6.62. The third-order valence-corrected chi connectivity index (χ3v) is 5.51. The number of hydrogen-bond donors (Lipinski definition) is 0. The van der Waals surface area contributed by atoms with Crippen molar-refractivity contribution < 1.29 is 0 Å². The van der Waals surface area contributed by atoms with E-state index in [4.69, 9.17) is 28.9 Å². The molecule has 0 bridgehead atoms. The van der Waals surface area contributed by atoms with Crippen LogP contribution in [0.1, 0.15) is 18.4 Å². The van der Waals surface area contributed by atoms with Crippen LogP contribution < -0.4 is 0 Å². The molecule has 0 N–H and O–H groups in total. The van der Waals surface area contributed by atoms with Crippen molar-refractivity contribution in [1.29, 1.82) is 0 Å². The molecule has 0 radical (unpaired) electrons. The van der Waals surface area contributed by atoms with E-state index >= 15 is 0 Å². The summed E-state index contributed by atoms with van der Waals surface area (Å²) < 4.78 is 4.75. The average molecular weight is 385 g/mol. The molecule has 1 saturated heterocycles. The highest BCUT2D eigenvalue weighted by atomic mass is 35.5. The van der Waals surface area contributed by atoms with Gasteiger partial charge in [-0.2, -0.15) is 5.10 Å². The van der Waals surface area contributed by atoms with Gasteiger partial charge < -0.3 is 0 Å². The van der Waals surface area contributed by atoms with E-state index in [1.165, 1.54) is 18.4 Å². The molecule has 0 atom stereocenters. The molecule has 2 aromatic carbocycles. The van der Waals surface area contributed by atoms with Crippen LogP contribution in [0, 0.1) is 4.77 Å². The van der Waals surface area contributed by atoms with Gasteiger partial charge >= 0.3 is 0 Å². The Kier molecular flexibility index (Phi) is 5.20. The minimum atomic E-state index is 0.681. The summed E-state index contributed by atoms with van der Waals surface area (Å²) in [5.74, 6) is 0.823. The highest BCUT2D eigenvalue weighted by molar-refractivity contribution is 7.71. The third-order valence-electron chi connectivity index (χ3n) is 4.75. The molecule has 1 fully saturated rings. The van der Waals surface area contributed by atoms with Crippen molar-refractivity contribution in [1.82, 2.24) is 19.2 Å². The molecule has 1 aromatic heterocycles. The molecule has 6 heteroatoms. The van der Waals surface area contributed by atoms with Crippen LogP contribution in [0.5, 0.6) is 0 Å². The first kappa shape index (κ1) is 17.5. The van der Waals surface area contributed by atoms with Gasteiger partial charge in [0.25, 0.3) is 0 Å². The van der Waals surface area contributed by atoms with E-state index in [2.05, 4.69) is 21.6 Å². The lowest BCUT2D eigenvalue weighted by Gasteiger charge is -2.13. The van der Waals surface area contributed by atoms with E-state index in [-0.39, 0.29) is 0 Å². The zero-order chi connectivity index (χ0) is 17.9. The smallest absolute Gasteiger partial charge is 0.199 e. The molecule has 26 heavy (non-hydrogen) atoms. The summed E-state index contributed by atoms with van der Waals surface area (Å²) in [6.07, 6.45) is 2.49. The second-order valence-corrected chi connectivity index (χ2v) is 7.40. The normalized spacial score (nSPS) is 14.8. The van der Waals surface area contributed by atoms with Gasteiger partial charge in [0.1, 0.15) is 0 Å². The zero-order valence-corrected chi connectivity index (χ0v) is 16.1. The molecule has 0 aliphatic carbocycles. The maximum absolute atomic E-state index is 6.46. The van der Waals surface area contributed by atoms with Crippen LogP contribution in [0.3, 0.4) is 0 Å². The fourth-order valence-corrected chi connectivity index (χ4v) is 3.87. The predicted octanol–water partition coefficient (Wildman–Crippen LogP) is 4.84. The van der Waals surface area contributed by atoms with Gasteiger partial charge in [-0.15, -0.1) is 0 Å². The summed E-state index contributed by atoms with van der Waals surface area (Å²) >= 11 is 12.2. The molecule has 1 aliphatic heterocycles. The van der Waals surface area contributed by atoms with Gasteiger partial charge in [0.15, 0.2) is 10.6 Å². The standard InChI is InChI=1S/C20H21ClN4S/c21-18-11-5-4-10-17(18)19-22-25(15-23-12-6-7-13-23)20(26)24(19)14-16-8-2-1-3-9-16/h1-5,8-11H,6-7,12-15H2. The Morgan fingerprint density at radius 1 is 0.962 bits per heavy atom. The molecule has 0 amide bonds. The first-order valence-electron chi connectivity index (χ1n) is 8.91. The summed E-state index contributed by atoms with van der Waals surface area (Å²) in [7, 11) is 0. The maximum Gasteiger partial charge on any atom is 0.199 e. The number of hydrogen-bond acceptors (Lipinski definition) is 3. The lowest BCUT2D eigenvalue weighted by molar-refractivity contribution is 0.253. The number of aromatic nitrogens is 3. The predicted molar refractivity (Wildman–Crippen MR) is 108 cm³/mol. The number of nitrogens with zero attached hydrogens (tertiary/aromatic N) is 4. The van der Waals surface area contributed by atoms with Crippen LogP contribution in [0.15, 0.2) is 54.6 Å². The van der Waals surface area contributed by atoms with Gasteiger partial charge in [0, 0.05) is 5.56 Å². The molecule has 0 spiro atoms. The second kappa shape index (κ2) is 7.74. The van der Waals surface area contributed by atoms with E-state index in [0.29, 0.717) is 11.6 Å². The van der Waals surface area contributed by atoms with Gasteiger partial charge in [-0.1, -0.05) is 54.1 Å². The Morgan fingerprint density at radius 3 is 2.38 bits per heavy atom. The van der Waals surface area contributed by atoms with E-state index < -0.39 is 0 Å². The fraction of sp³-hybridized carbons (Fsp3) is 0.300. The minimum absolute atomic E-state index is 0.681. The minimum Gasteiger partial charge on any atom is -0.295 e. The molecule has 1 aliphatic rings. The van der Waals surface area contributed by atoms with Crippen LogP contribution in [-0.2, 0) is 13.2 Å². The summed E-state index contributed by atoms with van der Waals surface area (Å²) in [5, 5.41) is 5.54. The lowest BCUT2D eigenvalue weighted by Crippen LogP contribution is -2.23. The van der Waals surface area contributed by atoms with Gasteiger partial charge in [-0.05, 0) is 55.8 Å². The lowest BCUT2D eigenvalue weighted by atomic mass is 10.2. The molecule has 2 heterocycles.